The molecule has 21 heavy (non-hydrogen) atoms. The lowest BCUT2D eigenvalue weighted by atomic mass is 10.1. The zero-order valence-corrected chi connectivity index (χ0v) is 11.5. The highest BCUT2D eigenvalue weighted by atomic mass is 35.5. The number of alkyl halides is 3. The minimum absolute atomic E-state index is 0.324. The first-order valence-electron chi connectivity index (χ1n) is 5.26. The van der Waals surface area contributed by atoms with Crippen molar-refractivity contribution >= 4 is 35.1 Å². The summed E-state index contributed by atoms with van der Waals surface area (Å²) in [4.78, 5) is 22.4. The molecule has 0 saturated heterocycles. The summed E-state index contributed by atoms with van der Waals surface area (Å²) in [6.07, 6.45) is -6.58. The standard InChI is InChI=1S/C11H7Cl2F4NO3/c12-5-2-6(13)7(14)1-4(5)9(19)18-8(10(20)21)3-11(15,16)17/h1-2,8H,3H2,(H,18,19)(H,20,21). The summed E-state index contributed by atoms with van der Waals surface area (Å²) in [5.74, 6) is -4.16. The molecule has 0 saturated carbocycles. The molecule has 1 aromatic carbocycles. The third kappa shape index (κ3) is 5.05. The zero-order valence-electron chi connectivity index (χ0n) is 9.97. The SMILES string of the molecule is O=C(NC(CC(F)(F)F)C(=O)O)c1cc(F)c(Cl)cc1Cl. The molecule has 10 heteroatoms. The number of rotatable bonds is 4. The maximum absolute atomic E-state index is 13.2. The number of carbonyl (C=O) groups excluding carboxylic acids is 1. The number of aliphatic carboxylic acids is 1. The Kier molecular flexibility index (Phi) is 5.41. The van der Waals surface area contributed by atoms with Crippen LogP contribution in [0.1, 0.15) is 16.8 Å². The molecule has 0 aliphatic heterocycles. The van der Waals surface area contributed by atoms with Crippen LogP contribution in [0.2, 0.25) is 10.0 Å². The molecule has 0 aliphatic carbocycles. The van der Waals surface area contributed by atoms with Gasteiger partial charge in [-0.2, -0.15) is 13.2 Å². The molecule has 0 bridgehead atoms. The minimum Gasteiger partial charge on any atom is -0.480 e. The van der Waals surface area contributed by atoms with Crippen LogP contribution in [0.4, 0.5) is 17.6 Å². The molecule has 2 N–H and O–H groups in total. The van der Waals surface area contributed by atoms with Gasteiger partial charge in [-0.1, -0.05) is 23.2 Å². The first kappa shape index (κ1) is 17.5. The number of hydrogen-bond acceptors (Lipinski definition) is 2. The molecule has 4 nitrogen and oxygen atoms in total. The van der Waals surface area contributed by atoms with E-state index in [0.717, 1.165) is 6.07 Å². The van der Waals surface area contributed by atoms with Crippen LogP contribution in [-0.4, -0.2) is 29.2 Å². The Morgan fingerprint density at radius 3 is 2.29 bits per heavy atom. The number of hydrogen-bond donors (Lipinski definition) is 2. The number of halogens is 6. The van der Waals surface area contributed by atoms with Crippen molar-refractivity contribution in [2.24, 2.45) is 0 Å². The average Bonchev–Trinajstić information content (AvgIpc) is 2.31. The summed E-state index contributed by atoms with van der Waals surface area (Å²) in [6.45, 7) is 0. The fraction of sp³-hybridized carbons (Fsp3) is 0.273. The first-order valence-corrected chi connectivity index (χ1v) is 6.02. The van der Waals surface area contributed by atoms with Crippen molar-refractivity contribution in [3.8, 4) is 0 Å². The van der Waals surface area contributed by atoms with Crippen LogP contribution >= 0.6 is 23.2 Å². The van der Waals surface area contributed by atoms with Crippen LogP contribution in [0.15, 0.2) is 12.1 Å². The van der Waals surface area contributed by atoms with Crippen molar-refractivity contribution < 1.29 is 32.3 Å². The summed E-state index contributed by atoms with van der Waals surface area (Å²) in [7, 11) is 0. The lowest BCUT2D eigenvalue weighted by Gasteiger charge is -2.16. The second kappa shape index (κ2) is 6.48. The average molecular weight is 348 g/mol. The van der Waals surface area contributed by atoms with Gasteiger partial charge in [0.1, 0.15) is 11.9 Å². The molecule has 0 aliphatic rings. The van der Waals surface area contributed by atoms with Gasteiger partial charge in [-0.15, -0.1) is 0 Å². The highest BCUT2D eigenvalue weighted by molar-refractivity contribution is 6.36. The fourth-order valence-electron chi connectivity index (χ4n) is 1.36. The van der Waals surface area contributed by atoms with E-state index in [2.05, 4.69) is 0 Å². The quantitative estimate of drug-likeness (QED) is 0.648. The molecule has 1 rings (SSSR count). The Balaban J connectivity index is 2.98. The maximum atomic E-state index is 13.2. The summed E-state index contributed by atoms with van der Waals surface area (Å²) >= 11 is 11.0. The van der Waals surface area contributed by atoms with Crippen molar-refractivity contribution in [3.05, 3.63) is 33.6 Å². The predicted octanol–water partition coefficient (Wildman–Crippen LogP) is 3.27. The van der Waals surface area contributed by atoms with E-state index in [9.17, 15) is 27.2 Å². The smallest absolute Gasteiger partial charge is 0.391 e. The Morgan fingerprint density at radius 1 is 1.24 bits per heavy atom. The third-order valence-corrected chi connectivity index (χ3v) is 2.90. The molecule has 1 atom stereocenters. The number of carboxylic acids is 1. The summed E-state index contributed by atoms with van der Waals surface area (Å²) < 4.78 is 49.8. The Labute approximate surface area is 125 Å². The molecule has 1 aromatic rings. The van der Waals surface area contributed by atoms with Gasteiger partial charge in [0.2, 0.25) is 0 Å². The van der Waals surface area contributed by atoms with Gasteiger partial charge in [0.05, 0.1) is 22.0 Å². The van der Waals surface area contributed by atoms with Crippen molar-refractivity contribution in [3.63, 3.8) is 0 Å². The highest BCUT2D eigenvalue weighted by Crippen LogP contribution is 2.25. The Morgan fingerprint density at radius 2 is 1.81 bits per heavy atom. The van der Waals surface area contributed by atoms with E-state index in [1.807, 2.05) is 0 Å². The van der Waals surface area contributed by atoms with E-state index < -0.39 is 41.9 Å². The summed E-state index contributed by atoms with van der Waals surface area (Å²) in [5.41, 5.74) is -0.521. The van der Waals surface area contributed by atoms with Gasteiger partial charge in [0.25, 0.3) is 5.91 Å². The van der Waals surface area contributed by atoms with Gasteiger partial charge in [-0.25, -0.2) is 9.18 Å². The topological polar surface area (TPSA) is 66.4 Å². The Bertz CT molecular complexity index is 577. The van der Waals surface area contributed by atoms with Crippen LogP contribution in [0.25, 0.3) is 0 Å². The van der Waals surface area contributed by atoms with E-state index in [0.29, 0.717) is 6.07 Å². The minimum atomic E-state index is -4.80. The summed E-state index contributed by atoms with van der Waals surface area (Å²) in [6, 6.07) is -0.730. The molecule has 0 radical (unpaired) electrons. The highest BCUT2D eigenvalue weighted by Gasteiger charge is 2.36. The number of benzene rings is 1. The lowest BCUT2D eigenvalue weighted by Crippen LogP contribution is -2.43. The molecule has 1 unspecified atom stereocenters. The fourth-order valence-corrected chi connectivity index (χ4v) is 1.83. The van der Waals surface area contributed by atoms with Gasteiger partial charge in [-0.3, -0.25) is 4.79 Å². The monoisotopic (exact) mass is 347 g/mol. The van der Waals surface area contributed by atoms with Crippen molar-refractivity contribution in [2.75, 3.05) is 0 Å². The van der Waals surface area contributed by atoms with Crippen LogP contribution in [-0.2, 0) is 4.79 Å². The lowest BCUT2D eigenvalue weighted by molar-refractivity contribution is -0.157. The molecule has 0 fully saturated rings. The molecular weight excluding hydrogens is 341 g/mol. The predicted molar refractivity (Wildman–Crippen MR) is 66.0 cm³/mol. The van der Waals surface area contributed by atoms with Gasteiger partial charge in [-0.05, 0) is 12.1 Å². The largest absolute Gasteiger partial charge is 0.480 e. The third-order valence-electron chi connectivity index (χ3n) is 2.29. The van der Waals surface area contributed by atoms with Gasteiger partial charge in [0, 0.05) is 0 Å². The van der Waals surface area contributed by atoms with Gasteiger partial charge in [0.15, 0.2) is 0 Å². The maximum Gasteiger partial charge on any atom is 0.391 e. The number of carbonyl (C=O) groups is 2. The molecular formula is C11H7Cl2F4NO3. The number of amides is 1. The van der Waals surface area contributed by atoms with Crippen LogP contribution in [0.5, 0.6) is 0 Å². The van der Waals surface area contributed by atoms with Crippen LogP contribution in [0, 0.1) is 5.82 Å². The number of carboxylic acid groups (broad SMARTS) is 1. The van der Waals surface area contributed by atoms with Gasteiger partial charge < -0.3 is 10.4 Å². The first-order chi connectivity index (χ1) is 9.51. The van der Waals surface area contributed by atoms with E-state index in [1.165, 1.54) is 0 Å². The molecule has 0 heterocycles. The van der Waals surface area contributed by atoms with Crippen molar-refractivity contribution in [1.82, 2.24) is 5.32 Å². The van der Waals surface area contributed by atoms with Crippen LogP contribution < -0.4 is 5.32 Å². The van der Waals surface area contributed by atoms with Crippen LogP contribution in [0.3, 0.4) is 0 Å². The van der Waals surface area contributed by atoms with Crippen molar-refractivity contribution in [2.45, 2.75) is 18.6 Å². The number of nitrogens with one attached hydrogen (secondary N) is 1. The molecule has 1 amide bonds. The van der Waals surface area contributed by atoms with E-state index in [-0.39, 0.29) is 10.0 Å². The summed E-state index contributed by atoms with van der Waals surface area (Å²) in [5, 5.41) is 9.57. The molecule has 116 valence electrons. The van der Waals surface area contributed by atoms with E-state index >= 15 is 0 Å². The second-order valence-electron chi connectivity index (χ2n) is 3.93. The zero-order chi connectivity index (χ0) is 16.4. The van der Waals surface area contributed by atoms with E-state index in [4.69, 9.17) is 28.3 Å². The van der Waals surface area contributed by atoms with Gasteiger partial charge >= 0.3 is 12.1 Å². The normalized spacial score (nSPS) is 12.9. The second-order valence-corrected chi connectivity index (χ2v) is 4.74. The van der Waals surface area contributed by atoms with E-state index in [1.54, 1.807) is 5.32 Å². The molecule has 0 spiro atoms. The molecule has 0 aromatic heterocycles. The van der Waals surface area contributed by atoms with Crippen molar-refractivity contribution in [1.29, 1.82) is 0 Å². The Hall–Kier alpha value is -1.54.